The van der Waals surface area contributed by atoms with Crippen molar-refractivity contribution in [2.75, 3.05) is 26.2 Å². The first-order valence-electron chi connectivity index (χ1n) is 11.8. The van der Waals surface area contributed by atoms with Gasteiger partial charge in [-0.25, -0.2) is 4.98 Å². The molecule has 1 aliphatic rings. The Morgan fingerprint density at radius 3 is 2.71 bits per heavy atom. The second kappa shape index (κ2) is 11.2. The molecule has 2 aromatic heterocycles. The molecule has 0 radical (unpaired) electrons. The molecule has 1 amide bonds. The second-order valence-electron chi connectivity index (χ2n) is 8.69. The van der Waals surface area contributed by atoms with Crippen molar-refractivity contribution in [3.63, 3.8) is 0 Å². The van der Waals surface area contributed by atoms with E-state index in [1.807, 2.05) is 66.2 Å². The highest BCUT2D eigenvalue weighted by Gasteiger charge is 2.27. The highest BCUT2D eigenvalue weighted by Crippen LogP contribution is 2.26. The summed E-state index contributed by atoms with van der Waals surface area (Å²) >= 11 is 7.69. The van der Waals surface area contributed by atoms with Gasteiger partial charge < -0.3 is 10.1 Å². The van der Waals surface area contributed by atoms with Gasteiger partial charge in [0.1, 0.15) is 12.4 Å². The Morgan fingerprint density at radius 2 is 1.94 bits per heavy atom. The first kappa shape index (κ1) is 23.7. The summed E-state index contributed by atoms with van der Waals surface area (Å²) < 4.78 is 7.10. The number of amides is 1. The van der Waals surface area contributed by atoms with E-state index in [1.165, 1.54) is 0 Å². The van der Waals surface area contributed by atoms with Crippen LogP contribution in [0.3, 0.4) is 0 Å². The molecule has 4 aromatic rings. The Balaban J connectivity index is 1.13. The standard InChI is InChI=1S/C27H27ClN4O2S/c28-21-6-4-19(5-7-21)26(24-3-1-2-12-29-24)31-27(33)20-10-13-32(14-11-20)15-16-34-22-8-9-23-25(17-22)35-18-30-23/h1-9,12,17-18,20,26H,10-11,13-16H2,(H,31,33). The number of pyridine rings is 1. The largest absolute Gasteiger partial charge is 0.492 e. The highest BCUT2D eigenvalue weighted by atomic mass is 35.5. The van der Waals surface area contributed by atoms with E-state index in [0.29, 0.717) is 11.6 Å². The average Bonchev–Trinajstić information content (AvgIpc) is 3.37. The molecule has 1 saturated heterocycles. The molecule has 3 heterocycles. The summed E-state index contributed by atoms with van der Waals surface area (Å²) in [5.74, 6) is 0.933. The number of nitrogens with zero attached hydrogens (tertiary/aromatic N) is 3. The number of halogens is 1. The number of fused-ring (bicyclic) bond motifs is 1. The van der Waals surface area contributed by atoms with Gasteiger partial charge in [-0.15, -0.1) is 11.3 Å². The molecular weight excluding hydrogens is 480 g/mol. The normalized spacial score (nSPS) is 15.7. The number of likely N-dealkylation sites (tertiary alicyclic amines) is 1. The topological polar surface area (TPSA) is 67.4 Å². The first-order chi connectivity index (χ1) is 17.2. The Bertz CT molecular complexity index is 1260. The summed E-state index contributed by atoms with van der Waals surface area (Å²) in [6.07, 6.45) is 3.41. The maximum atomic E-state index is 13.2. The molecule has 5 rings (SSSR count). The average molecular weight is 507 g/mol. The van der Waals surface area contributed by atoms with Crippen molar-refractivity contribution >= 4 is 39.1 Å². The van der Waals surface area contributed by atoms with Crippen LogP contribution in [0.4, 0.5) is 0 Å². The van der Waals surface area contributed by atoms with E-state index >= 15 is 0 Å². The van der Waals surface area contributed by atoms with Crippen molar-refractivity contribution in [3.05, 3.63) is 88.7 Å². The Morgan fingerprint density at radius 1 is 1.11 bits per heavy atom. The number of ether oxygens (including phenoxy) is 1. The number of benzene rings is 2. The third-order valence-electron chi connectivity index (χ3n) is 6.41. The molecule has 1 fully saturated rings. The molecule has 35 heavy (non-hydrogen) atoms. The molecule has 1 atom stereocenters. The number of carbonyl (C=O) groups excluding carboxylic acids is 1. The van der Waals surface area contributed by atoms with Crippen LogP contribution in [-0.2, 0) is 4.79 Å². The van der Waals surface area contributed by atoms with Crippen molar-refractivity contribution in [2.45, 2.75) is 18.9 Å². The maximum Gasteiger partial charge on any atom is 0.224 e. The van der Waals surface area contributed by atoms with Gasteiger partial charge in [-0.1, -0.05) is 29.8 Å². The molecule has 2 aromatic carbocycles. The summed E-state index contributed by atoms with van der Waals surface area (Å²) in [5.41, 5.74) is 4.63. The van der Waals surface area contributed by atoms with E-state index in [9.17, 15) is 4.79 Å². The van der Waals surface area contributed by atoms with Gasteiger partial charge >= 0.3 is 0 Å². The molecule has 8 heteroatoms. The number of thiazole rings is 1. The van der Waals surface area contributed by atoms with E-state index in [0.717, 1.165) is 59.7 Å². The van der Waals surface area contributed by atoms with E-state index in [4.69, 9.17) is 16.3 Å². The molecular formula is C27H27ClN4O2S. The fourth-order valence-corrected chi connectivity index (χ4v) is 5.26. The van der Waals surface area contributed by atoms with Gasteiger partial charge in [-0.3, -0.25) is 14.7 Å². The smallest absolute Gasteiger partial charge is 0.224 e. The van der Waals surface area contributed by atoms with Crippen molar-refractivity contribution in [2.24, 2.45) is 5.92 Å². The maximum absolute atomic E-state index is 13.2. The van der Waals surface area contributed by atoms with Crippen LogP contribution in [0.2, 0.25) is 5.02 Å². The second-order valence-corrected chi connectivity index (χ2v) is 10.0. The number of nitrogens with one attached hydrogen (secondary N) is 1. The van der Waals surface area contributed by atoms with Crippen LogP contribution in [0, 0.1) is 5.92 Å². The van der Waals surface area contributed by atoms with Crippen molar-refractivity contribution < 1.29 is 9.53 Å². The third kappa shape index (κ3) is 5.99. The van der Waals surface area contributed by atoms with E-state index in [-0.39, 0.29) is 17.9 Å². The van der Waals surface area contributed by atoms with Crippen molar-refractivity contribution in [1.82, 2.24) is 20.2 Å². The van der Waals surface area contributed by atoms with Crippen LogP contribution in [-0.4, -0.2) is 47.0 Å². The first-order valence-corrected chi connectivity index (χ1v) is 13.1. The van der Waals surface area contributed by atoms with Gasteiger partial charge in [0.25, 0.3) is 0 Å². The SMILES string of the molecule is O=C(NC(c1ccc(Cl)cc1)c1ccccn1)C1CCN(CCOc2ccc3ncsc3c2)CC1. The van der Waals surface area contributed by atoms with Gasteiger partial charge in [0, 0.05) is 23.7 Å². The molecule has 0 bridgehead atoms. The summed E-state index contributed by atoms with van der Waals surface area (Å²) in [6, 6.07) is 19.0. The van der Waals surface area contributed by atoms with Crippen molar-refractivity contribution in [3.8, 4) is 5.75 Å². The monoisotopic (exact) mass is 506 g/mol. The molecule has 0 saturated carbocycles. The van der Waals surface area contributed by atoms with Crippen LogP contribution in [0.15, 0.2) is 72.4 Å². The minimum Gasteiger partial charge on any atom is -0.492 e. The van der Waals surface area contributed by atoms with Gasteiger partial charge in [-0.05, 0) is 74.0 Å². The lowest BCUT2D eigenvalue weighted by Gasteiger charge is -2.32. The lowest BCUT2D eigenvalue weighted by molar-refractivity contribution is -0.127. The zero-order chi connectivity index (χ0) is 24.0. The third-order valence-corrected chi connectivity index (χ3v) is 7.45. The fraction of sp³-hybridized carbons (Fsp3) is 0.296. The van der Waals surface area contributed by atoms with Crippen LogP contribution < -0.4 is 10.1 Å². The molecule has 0 spiro atoms. The lowest BCUT2D eigenvalue weighted by atomic mass is 9.94. The highest BCUT2D eigenvalue weighted by molar-refractivity contribution is 7.16. The zero-order valence-electron chi connectivity index (χ0n) is 19.3. The van der Waals surface area contributed by atoms with E-state index < -0.39 is 0 Å². The minimum absolute atomic E-state index is 0.0144. The molecule has 1 N–H and O–H groups in total. The molecule has 0 aliphatic carbocycles. The quantitative estimate of drug-likeness (QED) is 0.349. The predicted octanol–water partition coefficient (Wildman–Crippen LogP) is 5.34. The molecule has 1 unspecified atom stereocenters. The van der Waals surface area contributed by atoms with Crippen LogP contribution in [0.1, 0.15) is 30.1 Å². The van der Waals surface area contributed by atoms with Crippen LogP contribution in [0.25, 0.3) is 10.2 Å². The van der Waals surface area contributed by atoms with Crippen LogP contribution >= 0.6 is 22.9 Å². The molecule has 1 aliphatic heterocycles. The molecule has 180 valence electrons. The number of hydrogen-bond donors (Lipinski definition) is 1. The van der Waals surface area contributed by atoms with Gasteiger partial charge in [0.15, 0.2) is 0 Å². The predicted molar refractivity (Wildman–Crippen MR) is 140 cm³/mol. The zero-order valence-corrected chi connectivity index (χ0v) is 20.8. The number of piperidine rings is 1. The van der Waals surface area contributed by atoms with Crippen LogP contribution in [0.5, 0.6) is 5.75 Å². The van der Waals surface area contributed by atoms with Crippen molar-refractivity contribution in [1.29, 1.82) is 0 Å². The fourth-order valence-electron chi connectivity index (χ4n) is 4.43. The number of aromatic nitrogens is 2. The summed E-state index contributed by atoms with van der Waals surface area (Å²) in [7, 11) is 0. The summed E-state index contributed by atoms with van der Waals surface area (Å²) in [5, 5.41) is 3.91. The Kier molecular flexibility index (Phi) is 7.57. The van der Waals surface area contributed by atoms with Gasteiger partial charge in [-0.2, -0.15) is 0 Å². The minimum atomic E-state index is -0.303. The Labute approximate surface area is 213 Å². The number of rotatable bonds is 8. The van der Waals surface area contributed by atoms with Gasteiger partial charge in [0.05, 0.1) is 27.5 Å². The Hall–Kier alpha value is -3.00. The lowest BCUT2D eigenvalue weighted by Crippen LogP contribution is -2.42. The molecule has 6 nitrogen and oxygen atoms in total. The summed E-state index contributed by atoms with van der Waals surface area (Å²) in [6.45, 7) is 3.23. The van der Waals surface area contributed by atoms with Gasteiger partial charge in [0.2, 0.25) is 5.91 Å². The number of carbonyl (C=O) groups is 1. The van der Waals surface area contributed by atoms with E-state index in [2.05, 4.69) is 20.2 Å². The summed E-state index contributed by atoms with van der Waals surface area (Å²) in [4.78, 5) is 24.4. The van der Waals surface area contributed by atoms with E-state index in [1.54, 1.807) is 17.5 Å². The number of hydrogen-bond acceptors (Lipinski definition) is 6.